The summed E-state index contributed by atoms with van der Waals surface area (Å²) in [7, 11) is 0. The fourth-order valence-electron chi connectivity index (χ4n) is 3.70. The summed E-state index contributed by atoms with van der Waals surface area (Å²) in [6.07, 6.45) is 0.988. The lowest BCUT2D eigenvalue weighted by molar-refractivity contribution is -0.143. The second kappa shape index (κ2) is 11.4. The molecule has 1 aliphatic rings. The Morgan fingerprint density at radius 3 is 2.31 bits per heavy atom. The molecule has 0 radical (unpaired) electrons. The largest absolute Gasteiger partial charge is 0.480 e. The predicted molar refractivity (Wildman–Crippen MR) is 125 cm³/mol. The van der Waals surface area contributed by atoms with Crippen molar-refractivity contribution in [2.45, 2.75) is 5.92 Å². The van der Waals surface area contributed by atoms with Gasteiger partial charge >= 0.3 is 12.1 Å². The molecule has 0 fully saturated rings. The first-order chi connectivity index (χ1) is 15.5. The standard InChI is InChI=1S/C24H26N2O5S/c1-2-12-26(14-23(28)29)22(27)16-32-13-11-25-24(30)31-15-21-19-9-5-3-7-17(19)18-8-4-6-10-20(18)21/h2-10,21H,1,11-16H2,(H,25,30)(H,28,29). The Hall–Kier alpha value is -3.26. The van der Waals surface area contributed by atoms with Gasteiger partial charge in [0.15, 0.2) is 0 Å². The number of hydrogen-bond acceptors (Lipinski definition) is 5. The number of carbonyl (C=O) groups excluding carboxylic acids is 2. The Kier molecular flexibility index (Phi) is 8.33. The number of aliphatic carboxylic acids is 1. The van der Waals surface area contributed by atoms with E-state index >= 15 is 0 Å². The lowest BCUT2D eigenvalue weighted by Crippen LogP contribution is -2.37. The quantitative estimate of drug-likeness (QED) is 0.399. The molecule has 0 atom stereocenters. The van der Waals surface area contributed by atoms with Crippen LogP contribution in [0.4, 0.5) is 4.79 Å². The summed E-state index contributed by atoms with van der Waals surface area (Å²) in [4.78, 5) is 36.3. The van der Waals surface area contributed by atoms with Crippen LogP contribution < -0.4 is 5.32 Å². The van der Waals surface area contributed by atoms with Crippen molar-refractivity contribution in [3.8, 4) is 11.1 Å². The van der Waals surface area contributed by atoms with E-state index in [0.29, 0.717) is 12.3 Å². The van der Waals surface area contributed by atoms with Crippen molar-refractivity contribution in [1.29, 1.82) is 0 Å². The number of nitrogens with one attached hydrogen (secondary N) is 1. The third kappa shape index (κ3) is 5.91. The van der Waals surface area contributed by atoms with Gasteiger partial charge in [-0.15, -0.1) is 6.58 Å². The first-order valence-electron chi connectivity index (χ1n) is 10.3. The van der Waals surface area contributed by atoms with Gasteiger partial charge in [-0.2, -0.15) is 11.8 Å². The van der Waals surface area contributed by atoms with Crippen LogP contribution in [-0.2, 0) is 14.3 Å². The zero-order valence-electron chi connectivity index (χ0n) is 17.7. The fraction of sp³-hybridized carbons (Fsp3) is 0.292. The molecule has 8 heteroatoms. The van der Waals surface area contributed by atoms with E-state index in [1.807, 2.05) is 24.3 Å². The van der Waals surface area contributed by atoms with Gasteiger partial charge in [-0.25, -0.2) is 4.79 Å². The predicted octanol–water partition coefficient (Wildman–Crippen LogP) is 3.36. The van der Waals surface area contributed by atoms with Crippen molar-refractivity contribution in [1.82, 2.24) is 10.2 Å². The highest BCUT2D eigenvalue weighted by Crippen LogP contribution is 2.44. The molecule has 2 aromatic carbocycles. The van der Waals surface area contributed by atoms with Crippen LogP contribution in [0.3, 0.4) is 0 Å². The Bertz CT molecular complexity index is 948. The number of carboxylic acids is 1. The van der Waals surface area contributed by atoms with Gasteiger partial charge in [-0.1, -0.05) is 54.6 Å². The molecule has 0 bridgehead atoms. The molecule has 2 N–H and O–H groups in total. The number of benzene rings is 2. The van der Waals surface area contributed by atoms with Gasteiger partial charge in [0.1, 0.15) is 13.2 Å². The van der Waals surface area contributed by atoms with E-state index in [4.69, 9.17) is 9.84 Å². The molecule has 32 heavy (non-hydrogen) atoms. The third-order valence-corrected chi connectivity index (χ3v) is 6.06. The molecule has 3 rings (SSSR count). The third-order valence-electron chi connectivity index (χ3n) is 5.11. The van der Waals surface area contributed by atoms with Crippen LogP contribution in [-0.4, -0.2) is 65.7 Å². The average Bonchev–Trinajstić information content (AvgIpc) is 3.10. The number of rotatable bonds is 11. The first-order valence-corrected chi connectivity index (χ1v) is 11.4. The van der Waals surface area contributed by atoms with Crippen molar-refractivity contribution in [3.63, 3.8) is 0 Å². The lowest BCUT2D eigenvalue weighted by Gasteiger charge is -2.18. The molecule has 2 aromatic rings. The summed E-state index contributed by atoms with van der Waals surface area (Å²) < 4.78 is 5.47. The summed E-state index contributed by atoms with van der Waals surface area (Å²) in [5.74, 6) is -0.705. The number of fused-ring (bicyclic) bond motifs is 3. The van der Waals surface area contributed by atoms with Crippen LogP contribution in [0.5, 0.6) is 0 Å². The van der Waals surface area contributed by atoms with Crippen molar-refractivity contribution in [3.05, 3.63) is 72.3 Å². The van der Waals surface area contributed by atoms with Gasteiger partial charge < -0.3 is 20.1 Å². The maximum Gasteiger partial charge on any atom is 0.407 e. The number of thioether (sulfide) groups is 1. The summed E-state index contributed by atoms with van der Waals surface area (Å²) in [6, 6.07) is 16.3. The second-order valence-corrected chi connectivity index (χ2v) is 8.37. The van der Waals surface area contributed by atoms with Gasteiger partial charge in [0.05, 0.1) is 5.75 Å². The lowest BCUT2D eigenvalue weighted by atomic mass is 9.98. The molecule has 0 saturated carbocycles. The fourth-order valence-corrected chi connectivity index (χ4v) is 4.45. The van der Waals surface area contributed by atoms with Crippen LogP contribution >= 0.6 is 11.8 Å². The van der Waals surface area contributed by atoms with E-state index < -0.39 is 12.1 Å². The molecule has 168 valence electrons. The summed E-state index contributed by atoms with van der Waals surface area (Å²) in [6.45, 7) is 3.95. The maximum absolute atomic E-state index is 12.1. The number of alkyl carbamates (subject to hydrolysis) is 1. The van der Waals surface area contributed by atoms with Crippen LogP contribution in [0.2, 0.25) is 0 Å². The van der Waals surface area contributed by atoms with Crippen molar-refractivity contribution in [2.75, 3.05) is 37.7 Å². The van der Waals surface area contributed by atoms with Crippen molar-refractivity contribution in [2.24, 2.45) is 0 Å². The van der Waals surface area contributed by atoms with E-state index in [-0.39, 0.29) is 37.3 Å². The van der Waals surface area contributed by atoms with Crippen molar-refractivity contribution >= 4 is 29.7 Å². The zero-order chi connectivity index (χ0) is 22.9. The molecule has 1 aliphatic carbocycles. The van der Waals surface area contributed by atoms with E-state index in [0.717, 1.165) is 11.1 Å². The summed E-state index contributed by atoms with van der Waals surface area (Å²) in [5.41, 5.74) is 4.65. The molecule has 0 saturated heterocycles. The second-order valence-electron chi connectivity index (χ2n) is 7.26. The summed E-state index contributed by atoms with van der Waals surface area (Å²) >= 11 is 1.32. The number of amides is 2. The number of carbonyl (C=O) groups is 3. The van der Waals surface area contributed by atoms with Gasteiger partial charge in [0.25, 0.3) is 0 Å². The minimum Gasteiger partial charge on any atom is -0.480 e. The Labute approximate surface area is 191 Å². The first kappa shape index (κ1) is 23.4. The van der Waals surface area contributed by atoms with E-state index in [2.05, 4.69) is 36.2 Å². The number of carboxylic acid groups (broad SMARTS) is 1. The van der Waals surface area contributed by atoms with Crippen LogP contribution in [0.1, 0.15) is 17.0 Å². The smallest absolute Gasteiger partial charge is 0.407 e. The minimum atomic E-state index is -1.07. The molecule has 0 spiro atoms. The van der Waals surface area contributed by atoms with Crippen molar-refractivity contribution < 1.29 is 24.2 Å². The molecular formula is C24H26N2O5S. The number of ether oxygens (including phenoxy) is 1. The van der Waals surface area contributed by atoms with Gasteiger partial charge in [-0.05, 0) is 22.3 Å². The highest BCUT2D eigenvalue weighted by atomic mass is 32.2. The highest BCUT2D eigenvalue weighted by Gasteiger charge is 2.28. The molecule has 0 aromatic heterocycles. The topological polar surface area (TPSA) is 95.9 Å². The Morgan fingerprint density at radius 1 is 1.09 bits per heavy atom. The SMILES string of the molecule is C=CCN(CC(=O)O)C(=O)CSCCNC(=O)OCC1c2ccccc2-c2ccccc21. The van der Waals surface area contributed by atoms with E-state index in [1.54, 1.807) is 0 Å². The maximum atomic E-state index is 12.1. The molecule has 7 nitrogen and oxygen atoms in total. The number of hydrogen-bond donors (Lipinski definition) is 2. The Balaban J connectivity index is 1.40. The molecule has 0 heterocycles. The zero-order valence-corrected chi connectivity index (χ0v) is 18.5. The van der Waals surface area contributed by atoms with Crippen LogP contribution in [0.15, 0.2) is 61.2 Å². The molecule has 2 amide bonds. The molecule has 0 unspecified atom stereocenters. The Morgan fingerprint density at radius 2 is 1.72 bits per heavy atom. The summed E-state index contributed by atoms with van der Waals surface area (Å²) in [5, 5.41) is 11.6. The highest BCUT2D eigenvalue weighted by molar-refractivity contribution is 7.99. The normalized spacial score (nSPS) is 11.9. The van der Waals surface area contributed by atoms with Gasteiger partial charge in [-0.3, -0.25) is 9.59 Å². The number of nitrogens with zero attached hydrogens (tertiary/aromatic N) is 1. The molecular weight excluding hydrogens is 428 g/mol. The molecule has 0 aliphatic heterocycles. The van der Waals surface area contributed by atoms with E-state index in [1.165, 1.54) is 33.9 Å². The van der Waals surface area contributed by atoms with Gasteiger partial charge in [0.2, 0.25) is 5.91 Å². The van der Waals surface area contributed by atoms with E-state index in [9.17, 15) is 14.4 Å². The minimum absolute atomic E-state index is 0.00484. The van der Waals surface area contributed by atoms with Crippen LogP contribution in [0, 0.1) is 0 Å². The monoisotopic (exact) mass is 454 g/mol. The van der Waals surface area contributed by atoms with Crippen LogP contribution in [0.25, 0.3) is 11.1 Å². The average molecular weight is 455 g/mol. The van der Waals surface area contributed by atoms with Gasteiger partial charge in [0, 0.05) is 24.8 Å².